The number of fused-ring (bicyclic) bond motifs is 1. The molecular weight excluding hydrogens is 252 g/mol. The number of carbonyl (C=O) groups is 1. The lowest BCUT2D eigenvalue weighted by molar-refractivity contribution is 0.0940. The number of nitrogens with zero attached hydrogens (tertiary/aromatic N) is 3. The van der Waals surface area contributed by atoms with E-state index >= 15 is 0 Å². The highest BCUT2D eigenvalue weighted by Crippen LogP contribution is 2.24. The highest BCUT2D eigenvalue weighted by molar-refractivity contribution is 6.21. The normalized spacial score (nSPS) is 23.4. The summed E-state index contributed by atoms with van der Waals surface area (Å²) in [6, 6.07) is 0.0609. The minimum atomic E-state index is -0.129. The molecule has 0 spiro atoms. The van der Waals surface area contributed by atoms with Gasteiger partial charge in [-0.2, -0.15) is 5.10 Å². The van der Waals surface area contributed by atoms with Gasteiger partial charge in [-0.15, -0.1) is 11.6 Å². The van der Waals surface area contributed by atoms with Crippen molar-refractivity contribution in [3.05, 3.63) is 30.4 Å². The number of rotatable bonds is 2. The van der Waals surface area contributed by atoms with E-state index in [1.165, 1.54) is 0 Å². The van der Waals surface area contributed by atoms with E-state index in [2.05, 4.69) is 15.4 Å². The van der Waals surface area contributed by atoms with Gasteiger partial charge in [0.05, 0.1) is 28.9 Å². The Morgan fingerprint density at radius 1 is 1.44 bits per heavy atom. The van der Waals surface area contributed by atoms with Crippen LogP contribution in [0.1, 0.15) is 29.6 Å². The van der Waals surface area contributed by atoms with Crippen LogP contribution < -0.4 is 5.32 Å². The Bertz CT molecular complexity index is 582. The molecule has 1 aliphatic carbocycles. The van der Waals surface area contributed by atoms with E-state index < -0.39 is 0 Å². The van der Waals surface area contributed by atoms with Crippen LogP contribution >= 0.6 is 11.6 Å². The third-order valence-electron chi connectivity index (χ3n) is 3.32. The van der Waals surface area contributed by atoms with E-state index in [4.69, 9.17) is 11.6 Å². The summed E-state index contributed by atoms with van der Waals surface area (Å²) in [4.78, 5) is 16.2. The number of alkyl halides is 1. The van der Waals surface area contributed by atoms with E-state index in [1.807, 2.05) is 0 Å². The molecule has 5 nitrogen and oxygen atoms in total. The van der Waals surface area contributed by atoms with Gasteiger partial charge in [0.25, 0.3) is 5.91 Å². The first-order valence-electron chi connectivity index (χ1n) is 5.98. The van der Waals surface area contributed by atoms with Crippen molar-refractivity contribution in [3.8, 4) is 0 Å². The van der Waals surface area contributed by atoms with E-state index in [0.29, 0.717) is 11.1 Å². The van der Waals surface area contributed by atoms with E-state index in [9.17, 15) is 4.79 Å². The van der Waals surface area contributed by atoms with Gasteiger partial charge >= 0.3 is 0 Å². The van der Waals surface area contributed by atoms with Crippen LogP contribution in [0.5, 0.6) is 0 Å². The Kier molecular flexibility index (Phi) is 2.91. The molecule has 2 aromatic heterocycles. The standard InChI is InChI=1S/C12H13ClN4O/c13-9-2-1-3-10(9)16-12(18)8-6-15-17-5-4-14-7-11(8)17/h4-7,9-10H,1-3H2,(H,16,18). The lowest BCUT2D eigenvalue weighted by Gasteiger charge is -2.15. The molecule has 2 unspecified atom stereocenters. The maximum absolute atomic E-state index is 12.2. The second kappa shape index (κ2) is 4.57. The van der Waals surface area contributed by atoms with Crippen LogP contribution in [0.2, 0.25) is 0 Å². The molecular formula is C12H13ClN4O. The summed E-state index contributed by atoms with van der Waals surface area (Å²) >= 11 is 6.15. The monoisotopic (exact) mass is 264 g/mol. The van der Waals surface area contributed by atoms with Crippen molar-refractivity contribution < 1.29 is 4.79 Å². The van der Waals surface area contributed by atoms with Crippen LogP contribution in [0.25, 0.3) is 5.52 Å². The predicted octanol–water partition coefficient (Wildman–Crippen LogP) is 1.62. The molecule has 18 heavy (non-hydrogen) atoms. The van der Waals surface area contributed by atoms with Crippen molar-refractivity contribution in [3.63, 3.8) is 0 Å². The molecule has 6 heteroatoms. The van der Waals surface area contributed by atoms with E-state index in [1.54, 1.807) is 29.3 Å². The summed E-state index contributed by atoms with van der Waals surface area (Å²) in [7, 11) is 0. The predicted molar refractivity (Wildman–Crippen MR) is 67.7 cm³/mol. The van der Waals surface area contributed by atoms with Gasteiger partial charge in [0.15, 0.2) is 0 Å². The first-order chi connectivity index (χ1) is 8.75. The summed E-state index contributed by atoms with van der Waals surface area (Å²) in [5.41, 5.74) is 1.25. The Morgan fingerprint density at radius 2 is 2.33 bits per heavy atom. The van der Waals surface area contributed by atoms with Crippen LogP contribution in [0, 0.1) is 0 Å². The van der Waals surface area contributed by atoms with Gasteiger partial charge in [-0.3, -0.25) is 9.78 Å². The minimum Gasteiger partial charge on any atom is -0.348 e. The van der Waals surface area contributed by atoms with Crippen molar-refractivity contribution in [1.29, 1.82) is 0 Å². The number of aromatic nitrogens is 3. The van der Waals surface area contributed by atoms with Crippen molar-refractivity contribution in [2.75, 3.05) is 0 Å². The minimum absolute atomic E-state index is 0.0360. The van der Waals surface area contributed by atoms with Gasteiger partial charge in [-0.1, -0.05) is 0 Å². The third-order valence-corrected chi connectivity index (χ3v) is 3.84. The third kappa shape index (κ3) is 1.95. The highest BCUT2D eigenvalue weighted by Gasteiger charge is 2.27. The molecule has 0 saturated heterocycles. The zero-order valence-corrected chi connectivity index (χ0v) is 10.5. The Morgan fingerprint density at radius 3 is 3.11 bits per heavy atom. The van der Waals surface area contributed by atoms with Gasteiger partial charge in [-0.05, 0) is 19.3 Å². The molecule has 0 aromatic carbocycles. The molecule has 1 saturated carbocycles. The molecule has 1 aliphatic rings. The van der Waals surface area contributed by atoms with Gasteiger partial charge in [0.1, 0.15) is 0 Å². The molecule has 94 valence electrons. The summed E-state index contributed by atoms with van der Waals surface area (Å²) < 4.78 is 1.63. The Hall–Kier alpha value is -1.62. The lowest BCUT2D eigenvalue weighted by atomic mass is 10.2. The molecule has 0 aliphatic heterocycles. The van der Waals surface area contributed by atoms with Crippen LogP contribution in [0.4, 0.5) is 0 Å². The average Bonchev–Trinajstić information content (AvgIpc) is 2.96. The smallest absolute Gasteiger partial charge is 0.255 e. The van der Waals surface area contributed by atoms with Crippen LogP contribution in [-0.4, -0.2) is 31.9 Å². The largest absolute Gasteiger partial charge is 0.348 e. The molecule has 2 atom stereocenters. The molecule has 2 aromatic rings. The molecule has 3 rings (SSSR count). The number of hydrogen-bond donors (Lipinski definition) is 1. The Balaban J connectivity index is 1.84. The number of nitrogens with one attached hydrogen (secondary N) is 1. The zero-order valence-electron chi connectivity index (χ0n) is 9.71. The maximum atomic E-state index is 12.2. The molecule has 0 radical (unpaired) electrons. The fourth-order valence-corrected chi connectivity index (χ4v) is 2.68. The molecule has 1 N–H and O–H groups in total. The fourth-order valence-electron chi connectivity index (χ4n) is 2.33. The van der Waals surface area contributed by atoms with Gasteiger partial charge < -0.3 is 5.32 Å². The number of hydrogen-bond acceptors (Lipinski definition) is 3. The van der Waals surface area contributed by atoms with Gasteiger partial charge in [-0.25, -0.2) is 4.52 Å². The van der Waals surface area contributed by atoms with Gasteiger partial charge in [0.2, 0.25) is 0 Å². The quantitative estimate of drug-likeness (QED) is 0.839. The number of amides is 1. The summed E-state index contributed by atoms with van der Waals surface area (Å²) in [6.45, 7) is 0. The summed E-state index contributed by atoms with van der Waals surface area (Å²) in [5, 5.41) is 7.12. The first kappa shape index (κ1) is 11.5. The molecule has 0 bridgehead atoms. The second-order valence-corrected chi connectivity index (χ2v) is 5.05. The number of carbonyl (C=O) groups excluding carboxylic acids is 1. The fraction of sp³-hybridized carbons (Fsp3) is 0.417. The van der Waals surface area contributed by atoms with Crippen LogP contribution in [0.15, 0.2) is 24.8 Å². The zero-order chi connectivity index (χ0) is 12.5. The van der Waals surface area contributed by atoms with Crippen molar-refractivity contribution in [2.45, 2.75) is 30.7 Å². The second-order valence-electron chi connectivity index (χ2n) is 4.49. The Labute approximate surface area is 109 Å². The average molecular weight is 265 g/mol. The van der Waals surface area contributed by atoms with E-state index in [0.717, 1.165) is 19.3 Å². The van der Waals surface area contributed by atoms with Crippen molar-refractivity contribution in [2.24, 2.45) is 0 Å². The van der Waals surface area contributed by atoms with Gasteiger partial charge in [0, 0.05) is 18.4 Å². The summed E-state index contributed by atoms with van der Waals surface area (Å²) in [6.07, 6.45) is 9.51. The first-order valence-corrected chi connectivity index (χ1v) is 6.41. The maximum Gasteiger partial charge on any atom is 0.255 e. The van der Waals surface area contributed by atoms with Crippen molar-refractivity contribution >= 4 is 23.0 Å². The molecule has 1 amide bonds. The SMILES string of the molecule is O=C(NC1CCCC1Cl)c1cnn2ccncc12. The lowest BCUT2D eigenvalue weighted by Crippen LogP contribution is -2.37. The number of halogens is 1. The molecule has 1 fully saturated rings. The molecule has 2 heterocycles. The van der Waals surface area contributed by atoms with Crippen molar-refractivity contribution in [1.82, 2.24) is 19.9 Å². The summed E-state index contributed by atoms with van der Waals surface area (Å²) in [5.74, 6) is -0.129. The van der Waals surface area contributed by atoms with Crippen LogP contribution in [-0.2, 0) is 0 Å². The van der Waals surface area contributed by atoms with E-state index in [-0.39, 0.29) is 17.3 Å². The highest BCUT2D eigenvalue weighted by atomic mass is 35.5. The topological polar surface area (TPSA) is 59.3 Å². The van der Waals surface area contributed by atoms with Crippen LogP contribution in [0.3, 0.4) is 0 Å².